The summed E-state index contributed by atoms with van der Waals surface area (Å²) >= 11 is 17.9. The summed E-state index contributed by atoms with van der Waals surface area (Å²) in [6.45, 7) is 7.34. The fourth-order valence-electron chi connectivity index (χ4n) is 3.04. The van der Waals surface area contributed by atoms with E-state index in [1.165, 1.54) is 12.3 Å². The molecule has 0 atom stereocenters. The van der Waals surface area contributed by atoms with E-state index in [2.05, 4.69) is 22.1 Å². The third kappa shape index (κ3) is 4.41. The number of rotatable bonds is 4. The van der Waals surface area contributed by atoms with Crippen molar-refractivity contribution in [2.75, 3.05) is 42.9 Å². The lowest BCUT2D eigenvalue weighted by molar-refractivity contribution is -0.898. The minimum atomic E-state index is -0.308. The van der Waals surface area contributed by atoms with Crippen LogP contribution in [0.25, 0.3) is 0 Å². The lowest BCUT2D eigenvalue weighted by Crippen LogP contribution is -3.14. The molecule has 2 aromatic rings. The molecular formula is C18H20Cl3N4O+. The molecule has 2 N–H and O–H groups in total. The summed E-state index contributed by atoms with van der Waals surface area (Å²) in [6.07, 6.45) is 1.40. The highest BCUT2D eigenvalue weighted by atomic mass is 35.5. The normalized spacial score (nSPS) is 15.2. The summed E-state index contributed by atoms with van der Waals surface area (Å²) in [7, 11) is 0. The highest BCUT2D eigenvalue weighted by molar-refractivity contribution is 6.41. The van der Waals surface area contributed by atoms with Crippen LogP contribution < -0.4 is 15.1 Å². The van der Waals surface area contributed by atoms with Crippen molar-refractivity contribution in [3.05, 3.63) is 51.2 Å². The van der Waals surface area contributed by atoms with Crippen LogP contribution in [-0.4, -0.2) is 43.6 Å². The number of carbonyl (C=O) groups excluding carboxylic acids is 1. The number of nitrogens with zero attached hydrogens (tertiary/aromatic N) is 2. The Morgan fingerprint density at radius 3 is 2.62 bits per heavy atom. The Morgan fingerprint density at radius 2 is 1.96 bits per heavy atom. The van der Waals surface area contributed by atoms with Crippen molar-refractivity contribution in [1.29, 1.82) is 0 Å². The van der Waals surface area contributed by atoms with E-state index in [1.807, 2.05) is 12.1 Å². The first-order valence-electron chi connectivity index (χ1n) is 8.48. The van der Waals surface area contributed by atoms with Gasteiger partial charge in [-0.3, -0.25) is 4.79 Å². The monoisotopic (exact) mass is 413 g/mol. The number of amides is 1. The van der Waals surface area contributed by atoms with E-state index in [1.54, 1.807) is 11.0 Å². The first-order valence-corrected chi connectivity index (χ1v) is 9.61. The summed E-state index contributed by atoms with van der Waals surface area (Å²) in [4.78, 5) is 20.4. The zero-order valence-corrected chi connectivity index (χ0v) is 16.6. The second-order valence-electron chi connectivity index (χ2n) is 6.20. The second-order valence-corrected chi connectivity index (χ2v) is 7.40. The topological polar surface area (TPSA) is 49.7 Å². The maximum atomic E-state index is 12.6. The molecule has 8 heteroatoms. The Morgan fingerprint density at radius 1 is 1.23 bits per heavy atom. The maximum absolute atomic E-state index is 12.6. The van der Waals surface area contributed by atoms with Gasteiger partial charge in [0.1, 0.15) is 5.15 Å². The van der Waals surface area contributed by atoms with E-state index >= 15 is 0 Å². The standard InChI is InChI=1S/C18H19Cl3N4O/c1-2-24-5-7-25(8-6-24)16-4-3-13(19)10-15(16)23-18(26)12-9-14(20)17(21)22-11-12/h3-4,9-11H,2,5-8H2,1H3,(H,23,26)/p+1. The van der Waals surface area contributed by atoms with Crippen molar-refractivity contribution >= 4 is 52.1 Å². The molecule has 0 saturated carbocycles. The van der Waals surface area contributed by atoms with Gasteiger partial charge in [-0.05, 0) is 31.2 Å². The predicted octanol–water partition coefficient (Wildman–Crippen LogP) is 3.02. The average molecular weight is 415 g/mol. The summed E-state index contributed by atoms with van der Waals surface area (Å²) < 4.78 is 0. The predicted molar refractivity (Wildman–Crippen MR) is 107 cm³/mol. The smallest absolute Gasteiger partial charge is 0.257 e. The molecular weight excluding hydrogens is 395 g/mol. The fraction of sp³-hybridized carbons (Fsp3) is 0.333. The van der Waals surface area contributed by atoms with Crippen LogP contribution in [0, 0.1) is 0 Å². The number of aromatic nitrogens is 1. The first-order chi connectivity index (χ1) is 12.5. The molecule has 1 fully saturated rings. The van der Waals surface area contributed by atoms with Gasteiger partial charge < -0.3 is 15.1 Å². The van der Waals surface area contributed by atoms with Gasteiger partial charge in [-0.2, -0.15) is 0 Å². The molecule has 0 unspecified atom stereocenters. The van der Waals surface area contributed by atoms with Gasteiger partial charge in [0.2, 0.25) is 0 Å². The van der Waals surface area contributed by atoms with Crippen molar-refractivity contribution in [3.8, 4) is 0 Å². The molecule has 0 aliphatic carbocycles. The van der Waals surface area contributed by atoms with Crippen LogP contribution in [0.15, 0.2) is 30.5 Å². The summed E-state index contributed by atoms with van der Waals surface area (Å²) in [6, 6.07) is 7.05. The van der Waals surface area contributed by atoms with Crippen LogP contribution >= 0.6 is 34.8 Å². The van der Waals surface area contributed by atoms with Gasteiger partial charge in [0.15, 0.2) is 0 Å². The van der Waals surface area contributed by atoms with E-state index < -0.39 is 0 Å². The number of halogens is 3. The molecule has 1 saturated heterocycles. The van der Waals surface area contributed by atoms with Gasteiger partial charge in [-0.1, -0.05) is 34.8 Å². The lowest BCUT2D eigenvalue weighted by atomic mass is 10.2. The Labute approximate surface area is 167 Å². The van der Waals surface area contributed by atoms with Gasteiger partial charge in [0.25, 0.3) is 5.91 Å². The number of carbonyl (C=O) groups is 1. The molecule has 26 heavy (non-hydrogen) atoms. The van der Waals surface area contributed by atoms with Gasteiger partial charge in [-0.25, -0.2) is 4.98 Å². The van der Waals surface area contributed by atoms with Gasteiger partial charge in [-0.15, -0.1) is 0 Å². The number of likely N-dealkylation sites (N-methyl/N-ethyl adjacent to an activating group) is 1. The minimum Gasteiger partial charge on any atom is -0.359 e. The van der Waals surface area contributed by atoms with Crippen LogP contribution in [-0.2, 0) is 0 Å². The highest BCUT2D eigenvalue weighted by Crippen LogP contribution is 2.30. The van der Waals surface area contributed by atoms with Crippen molar-refractivity contribution < 1.29 is 9.69 Å². The number of pyridine rings is 1. The third-order valence-corrected chi connectivity index (χ3v) is 5.50. The van der Waals surface area contributed by atoms with Crippen LogP contribution in [0.1, 0.15) is 17.3 Å². The van der Waals surface area contributed by atoms with Crippen molar-refractivity contribution in [1.82, 2.24) is 4.98 Å². The number of piperazine rings is 1. The number of nitrogens with one attached hydrogen (secondary N) is 2. The Bertz CT molecular complexity index is 807. The van der Waals surface area contributed by atoms with Gasteiger partial charge in [0.05, 0.1) is 54.7 Å². The number of hydrogen-bond acceptors (Lipinski definition) is 3. The van der Waals surface area contributed by atoms with Crippen LogP contribution in [0.3, 0.4) is 0 Å². The Hall–Kier alpha value is -1.53. The molecule has 1 aromatic heterocycles. The molecule has 3 rings (SSSR count). The molecule has 0 bridgehead atoms. The largest absolute Gasteiger partial charge is 0.359 e. The summed E-state index contributed by atoms with van der Waals surface area (Å²) in [5.41, 5.74) is 1.98. The highest BCUT2D eigenvalue weighted by Gasteiger charge is 2.22. The number of benzene rings is 1. The molecule has 5 nitrogen and oxygen atoms in total. The Kier molecular flexibility index (Phi) is 6.24. The maximum Gasteiger partial charge on any atom is 0.257 e. The average Bonchev–Trinajstić information content (AvgIpc) is 2.64. The molecule has 2 heterocycles. The second kappa shape index (κ2) is 8.44. The molecule has 0 radical (unpaired) electrons. The third-order valence-electron chi connectivity index (χ3n) is 4.58. The molecule has 1 aliphatic rings. The molecule has 1 amide bonds. The van der Waals surface area contributed by atoms with Crippen molar-refractivity contribution in [2.45, 2.75) is 6.92 Å². The molecule has 138 valence electrons. The van der Waals surface area contributed by atoms with Crippen LogP contribution in [0.4, 0.5) is 11.4 Å². The number of quaternary nitrogens is 1. The lowest BCUT2D eigenvalue weighted by Gasteiger charge is -2.34. The molecule has 1 aromatic carbocycles. The van der Waals surface area contributed by atoms with E-state index in [0.29, 0.717) is 16.3 Å². The number of anilines is 2. The van der Waals surface area contributed by atoms with Crippen molar-refractivity contribution in [3.63, 3.8) is 0 Å². The molecule has 1 aliphatic heterocycles. The van der Waals surface area contributed by atoms with Gasteiger partial charge >= 0.3 is 0 Å². The minimum absolute atomic E-state index is 0.169. The van der Waals surface area contributed by atoms with E-state index in [0.717, 1.165) is 38.4 Å². The summed E-state index contributed by atoms with van der Waals surface area (Å²) in [5.74, 6) is -0.308. The van der Waals surface area contributed by atoms with Gasteiger partial charge in [0, 0.05) is 11.2 Å². The summed E-state index contributed by atoms with van der Waals surface area (Å²) in [5, 5.41) is 3.90. The van der Waals surface area contributed by atoms with E-state index in [4.69, 9.17) is 34.8 Å². The van der Waals surface area contributed by atoms with E-state index in [-0.39, 0.29) is 16.1 Å². The van der Waals surface area contributed by atoms with Crippen LogP contribution in [0.5, 0.6) is 0 Å². The zero-order chi connectivity index (χ0) is 18.7. The van der Waals surface area contributed by atoms with Crippen molar-refractivity contribution in [2.24, 2.45) is 0 Å². The quantitative estimate of drug-likeness (QED) is 0.756. The van der Waals surface area contributed by atoms with E-state index in [9.17, 15) is 4.79 Å². The zero-order valence-electron chi connectivity index (χ0n) is 14.4. The SMILES string of the molecule is CC[NH+]1CCN(c2ccc(Cl)cc2NC(=O)c2cnc(Cl)c(Cl)c2)CC1. The Balaban J connectivity index is 1.81. The fourth-order valence-corrected chi connectivity index (χ4v) is 3.48. The molecule has 0 spiro atoms. The van der Waals surface area contributed by atoms with Crippen LogP contribution in [0.2, 0.25) is 15.2 Å². The first kappa shape index (κ1) is 19.2. The number of hydrogen-bond donors (Lipinski definition) is 2.